The van der Waals surface area contributed by atoms with Gasteiger partial charge in [-0.05, 0) is 51.3 Å². The van der Waals surface area contributed by atoms with Gasteiger partial charge in [-0.25, -0.2) is 0 Å². The fourth-order valence-electron chi connectivity index (χ4n) is 4.36. The lowest BCUT2D eigenvalue weighted by atomic mass is 9.77. The number of ether oxygens (including phenoxy) is 2. The summed E-state index contributed by atoms with van der Waals surface area (Å²) in [5.74, 6) is 1.40. The van der Waals surface area contributed by atoms with Gasteiger partial charge >= 0.3 is 0 Å². The van der Waals surface area contributed by atoms with E-state index in [1.54, 1.807) is 14.2 Å². The number of aromatic amines is 1. The van der Waals surface area contributed by atoms with E-state index >= 15 is 0 Å². The van der Waals surface area contributed by atoms with E-state index in [9.17, 15) is 4.79 Å². The molecule has 0 aliphatic heterocycles. The van der Waals surface area contributed by atoms with Gasteiger partial charge in [0.05, 0.1) is 31.4 Å². The smallest absolute Gasteiger partial charge is 0.231 e. The number of carbonyl (C=O) groups excluding carboxylic acids is 1. The second-order valence-electron chi connectivity index (χ2n) is 7.40. The molecule has 1 fully saturated rings. The monoisotopic (exact) mass is 371 g/mol. The highest BCUT2D eigenvalue weighted by atomic mass is 16.5. The van der Waals surface area contributed by atoms with Crippen LogP contribution >= 0.6 is 0 Å². The summed E-state index contributed by atoms with van der Waals surface area (Å²) in [5, 5.41) is 10.5. The van der Waals surface area contributed by atoms with Crippen LogP contribution in [0.2, 0.25) is 0 Å². The molecule has 0 unspecified atom stereocenters. The third kappa shape index (κ3) is 3.40. The molecular formula is C21H29N3O3. The van der Waals surface area contributed by atoms with Gasteiger partial charge in [0.1, 0.15) is 0 Å². The first kappa shape index (κ1) is 19.3. The van der Waals surface area contributed by atoms with E-state index < -0.39 is 5.41 Å². The van der Waals surface area contributed by atoms with Gasteiger partial charge in [-0.2, -0.15) is 5.10 Å². The minimum Gasteiger partial charge on any atom is -0.493 e. The van der Waals surface area contributed by atoms with Crippen molar-refractivity contribution in [3.63, 3.8) is 0 Å². The number of amides is 1. The molecule has 1 saturated carbocycles. The van der Waals surface area contributed by atoms with Crippen LogP contribution in [-0.2, 0) is 10.2 Å². The van der Waals surface area contributed by atoms with Crippen LogP contribution in [0.5, 0.6) is 11.5 Å². The SMILES string of the molecule is COc1ccc(C2(C(=O)N[C@H](C)c3c(C)n[nH]c3C)CCCC2)cc1OC. The molecule has 1 atom stereocenters. The topological polar surface area (TPSA) is 76.2 Å². The minimum absolute atomic E-state index is 0.0692. The number of benzene rings is 1. The van der Waals surface area contributed by atoms with Gasteiger partial charge < -0.3 is 14.8 Å². The van der Waals surface area contributed by atoms with E-state index in [-0.39, 0.29) is 11.9 Å². The Kier molecular flexibility index (Phi) is 5.44. The number of carbonyl (C=O) groups is 1. The highest BCUT2D eigenvalue weighted by Crippen LogP contribution is 2.44. The van der Waals surface area contributed by atoms with E-state index in [4.69, 9.17) is 9.47 Å². The fourth-order valence-corrected chi connectivity index (χ4v) is 4.36. The maximum Gasteiger partial charge on any atom is 0.231 e. The Hall–Kier alpha value is -2.50. The van der Waals surface area contributed by atoms with Crippen molar-refractivity contribution in [2.75, 3.05) is 14.2 Å². The molecule has 2 aromatic rings. The van der Waals surface area contributed by atoms with E-state index in [0.29, 0.717) is 11.5 Å². The Labute approximate surface area is 160 Å². The second kappa shape index (κ2) is 7.62. The third-order valence-corrected chi connectivity index (χ3v) is 5.79. The lowest BCUT2D eigenvalue weighted by molar-refractivity contribution is -0.127. The molecular weight excluding hydrogens is 342 g/mol. The van der Waals surface area contributed by atoms with Crippen LogP contribution < -0.4 is 14.8 Å². The van der Waals surface area contributed by atoms with Crippen molar-refractivity contribution in [1.82, 2.24) is 15.5 Å². The summed E-state index contributed by atoms with van der Waals surface area (Å²) in [6.45, 7) is 5.96. The lowest BCUT2D eigenvalue weighted by Gasteiger charge is -2.30. The van der Waals surface area contributed by atoms with Crippen LogP contribution in [0, 0.1) is 13.8 Å². The van der Waals surface area contributed by atoms with Crippen molar-refractivity contribution in [3.8, 4) is 11.5 Å². The zero-order chi connectivity index (χ0) is 19.6. The first-order chi connectivity index (χ1) is 12.9. The lowest BCUT2D eigenvalue weighted by Crippen LogP contribution is -2.43. The Balaban J connectivity index is 1.92. The van der Waals surface area contributed by atoms with Crippen LogP contribution in [0.25, 0.3) is 0 Å². The molecule has 1 amide bonds. The largest absolute Gasteiger partial charge is 0.493 e. The molecule has 1 aromatic carbocycles. The van der Waals surface area contributed by atoms with Crippen molar-refractivity contribution in [3.05, 3.63) is 40.7 Å². The Morgan fingerprint density at radius 1 is 1.19 bits per heavy atom. The van der Waals surface area contributed by atoms with Crippen molar-refractivity contribution in [2.45, 2.75) is 57.9 Å². The normalized spacial score (nSPS) is 16.8. The number of methoxy groups -OCH3 is 2. The minimum atomic E-state index is -0.528. The molecule has 1 aliphatic carbocycles. The van der Waals surface area contributed by atoms with Crippen molar-refractivity contribution in [2.24, 2.45) is 0 Å². The fraction of sp³-hybridized carbons (Fsp3) is 0.524. The Morgan fingerprint density at radius 3 is 2.41 bits per heavy atom. The molecule has 27 heavy (non-hydrogen) atoms. The average molecular weight is 371 g/mol. The number of hydrogen-bond donors (Lipinski definition) is 2. The summed E-state index contributed by atoms with van der Waals surface area (Å²) in [6, 6.07) is 5.72. The Morgan fingerprint density at radius 2 is 1.85 bits per heavy atom. The molecule has 1 aromatic heterocycles. The zero-order valence-corrected chi connectivity index (χ0v) is 16.8. The maximum atomic E-state index is 13.4. The quantitative estimate of drug-likeness (QED) is 0.811. The molecule has 0 saturated heterocycles. The molecule has 0 bridgehead atoms. The second-order valence-corrected chi connectivity index (χ2v) is 7.40. The van der Waals surface area contributed by atoms with E-state index in [2.05, 4.69) is 15.5 Å². The summed E-state index contributed by atoms with van der Waals surface area (Å²) < 4.78 is 10.8. The predicted molar refractivity (Wildman–Crippen MR) is 104 cm³/mol. The van der Waals surface area contributed by atoms with Gasteiger partial charge in [0.2, 0.25) is 5.91 Å². The van der Waals surface area contributed by atoms with Gasteiger partial charge in [0.15, 0.2) is 11.5 Å². The Bertz CT molecular complexity index is 803. The van der Waals surface area contributed by atoms with Crippen molar-refractivity contribution in [1.29, 1.82) is 0 Å². The number of rotatable bonds is 6. The number of nitrogens with one attached hydrogen (secondary N) is 2. The van der Waals surface area contributed by atoms with Crippen molar-refractivity contribution < 1.29 is 14.3 Å². The van der Waals surface area contributed by atoms with Gasteiger partial charge in [0, 0.05) is 11.3 Å². The van der Waals surface area contributed by atoms with Gasteiger partial charge in [-0.1, -0.05) is 18.9 Å². The molecule has 3 rings (SSSR count). The van der Waals surface area contributed by atoms with Gasteiger partial charge in [-0.3, -0.25) is 9.89 Å². The van der Waals surface area contributed by atoms with Crippen molar-refractivity contribution >= 4 is 5.91 Å². The van der Waals surface area contributed by atoms with Crippen LogP contribution in [0.4, 0.5) is 0 Å². The molecule has 1 heterocycles. The van der Waals surface area contributed by atoms with E-state index in [1.807, 2.05) is 39.0 Å². The molecule has 6 nitrogen and oxygen atoms in total. The molecule has 6 heteroatoms. The molecule has 2 N–H and O–H groups in total. The van der Waals surface area contributed by atoms with Crippen LogP contribution in [0.15, 0.2) is 18.2 Å². The summed E-state index contributed by atoms with van der Waals surface area (Å²) in [6.07, 6.45) is 3.76. The summed E-state index contributed by atoms with van der Waals surface area (Å²) in [4.78, 5) is 13.4. The van der Waals surface area contributed by atoms with Gasteiger partial charge in [0.25, 0.3) is 0 Å². The van der Waals surface area contributed by atoms with E-state index in [0.717, 1.165) is 48.2 Å². The van der Waals surface area contributed by atoms with Crippen LogP contribution in [-0.4, -0.2) is 30.3 Å². The summed E-state index contributed by atoms with van der Waals surface area (Å²) >= 11 is 0. The maximum absolute atomic E-state index is 13.4. The first-order valence-corrected chi connectivity index (χ1v) is 9.48. The van der Waals surface area contributed by atoms with E-state index in [1.165, 1.54) is 0 Å². The average Bonchev–Trinajstić information content (AvgIpc) is 3.28. The molecule has 146 valence electrons. The molecule has 1 aliphatic rings. The number of aryl methyl sites for hydroxylation is 2. The first-order valence-electron chi connectivity index (χ1n) is 9.48. The predicted octanol–water partition coefficient (Wildman–Crippen LogP) is 3.73. The van der Waals surface area contributed by atoms with Crippen LogP contribution in [0.1, 0.15) is 61.2 Å². The number of aromatic nitrogens is 2. The van der Waals surface area contributed by atoms with Crippen LogP contribution in [0.3, 0.4) is 0 Å². The molecule has 0 radical (unpaired) electrons. The highest BCUT2D eigenvalue weighted by Gasteiger charge is 2.43. The summed E-state index contributed by atoms with van der Waals surface area (Å²) in [5.41, 5.74) is 3.44. The third-order valence-electron chi connectivity index (χ3n) is 5.79. The zero-order valence-electron chi connectivity index (χ0n) is 16.8. The number of H-pyrrole nitrogens is 1. The number of hydrogen-bond acceptors (Lipinski definition) is 4. The molecule has 0 spiro atoms. The van der Waals surface area contributed by atoms with Gasteiger partial charge in [-0.15, -0.1) is 0 Å². The standard InChI is InChI=1S/C21H29N3O3/c1-13(19-14(2)23-24-15(19)3)22-20(25)21(10-6-7-11-21)16-8-9-17(26-4)18(12-16)27-5/h8-9,12-13H,6-7,10-11H2,1-5H3,(H,22,25)(H,23,24)/t13-/m1/s1. The number of nitrogens with zero attached hydrogens (tertiary/aromatic N) is 1. The summed E-state index contributed by atoms with van der Waals surface area (Å²) in [7, 11) is 3.24. The highest BCUT2D eigenvalue weighted by molar-refractivity contribution is 5.89.